The van der Waals surface area contributed by atoms with E-state index in [-0.39, 0.29) is 6.61 Å². The van der Waals surface area contributed by atoms with Crippen LogP contribution < -0.4 is 0 Å². The first-order valence-electron chi connectivity index (χ1n) is 9.51. The van der Waals surface area contributed by atoms with Crippen molar-refractivity contribution in [1.82, 2.24) is 9.55 Å². The maximum atomic E-state index is 10.6. The van der Waals surface area contributed by atoms with Gasteiger partial charge in [-0.15, -0.1) is 6.58 Å². The summed E-state index contributed by atoms with van der Waals surface area (Å²) in [4.78, 5) is 24.0. The van der Waals surface area contributed by atoms with Gasteiger partial charge in [-0.1, -0.05) is 22.0 Å². The van der Waals surface area contributed by atoms with Crippen LogP contribution in [-0.2, 0) is 6.54 Å². The molecule has 2 heterocycles. The molecular formula is C24H25BrN2O3. The highest BCUT2D eigenvalue weighted by Gasteiger charge is 2.01. The zero-order chi connectivity index (χ0) is 21.8. The summed E-state index contributed by atoms with van der Waals surface area (Å²) in [5, 5.41) is 11.8. The van der Waals surface area contributed by atoms with Gasteiger partial charge in [0, 0.05) is 63.8 Å². The van der Waals surface area contributed by atoms with Crippen LogP contribution in [0.25, 0.3) is 21.8 Å². The molecule has 0 atom stereocenters. The van der Waals surface area contributed by atoms with Crippen LogP contribution in [0.3, 0.4) is 0 Å². The maximum absolute atomic E-state index is 10.6. The zero-order valence-corrected chi connectivity index (χ0v) is 18.2. The summed E-state index contributed by atoms with van der Waals surface area (Å²) in [5.41, 5.74) is 3.59. The molecular weight excluding hydrogens is 444 g/mol. The number of carbonyl (C=O) groups excluding carboxylic acids is 2. The number of aromatic nitrogens is 2. The third kappa shape index (κ3) is 6.54. The van der Waals surface area contributed by atoms with Gasteiger partial charge in [0.2, 0.25) is 0 Å². The minimum Gasteiger partial charge on any atom is -0.396 e. The lowest BCUT2D eigenvalue weighted by Gasteiger charge is -2.03. The zero-order valence-electron chi connectivity index (χ0n) is 16.6. The van der Waals surface area contributed by atoms with E-state index in [4.69, 9.17) is 5.11 Å². The van der Waals surface area contributed by atoms with E-state index < -0.39 is 0 Å². The number of hydrogen-bond acceptors (Lipinski definition) is 3. The fourth-order valence-corrected chi connectivity index (χ4v) is 2.87. The summed E-state index contributed by atoms with van der Waals surface area (Å²) in [6, 6.07) is 15.1. The van der Waals surface area contributed by atoms with Crippen LogP contribution in [0.5, 0.6) is 0 Å². The van der Waals surface area contributed by atoms with Crippen molar-refractivity contribution >= 4 is 50.3 Å². The Bertz CT molecular complexity index is 1100. The standard InChI is InChI=1S/C12H13NO2.C9H7NO.C3H5Br/c14-7-1-5-13-6-4-11-8-10(9-15)2-3-12(11)13;11-6-7-1-2-9-8(5-7)3-4-10-9;1-2-3-4/h2-4,6,8-9,14H,1,5,7H2;1-6,10H;2H,1,3H2. The number of benzene rings is 2. The number of nitrogens with one attached hydrogen (secondary N) is 1. The molecule has 0 saturated heterocycles. The summed E-state index contributed by atoms with van der Waals surface area (Å²) in [6.07, 6.45) is 8.09. The molecule has 2 N–H and O–H groups in total. The number of rotatable bonds is 6. The molecule has 30 heavy (non-hydrogen) atoms. The van der Waals surface area contributed by atoms with E-state index in [2.05, 4.69) is 32.1 Å². The van der Waals surface area contributed by atoms with Gasteiger partial charge in [-0.2, -0.15) is 0 Å². The second kappa shape index (κ2) is 12.6. The Balaban J connectivity index is 0.000000187. The number of hydrogen-bond donors (Lipinski definition) is 2. The van der Waals surface area contributed by atoms with Gasteiger partial charge < -0.3 is 14.7 Å². The lowest BCUT2D eigenvalue weighted by molar-refractivity contribution is 0.111. The number of aromatic amines is 1. The van der Waals surface area contributed by atoms with E-state index in [0.717, 1.165) is 58.2 Å². The smallest absolute Gasteiger partial charge is 0.150 e. The van der Waals surface area contributed by atoms with Crippen molar-refractivity contribution < 1.29 is 14.7 Å². The molecule has 6 heteroatoms. The van der Waals surface area contributed by atoms with Crippen LogP contribution in [-0.4, -0.2) is 39.2 Å². The Morgan fingerprint density at radius 1 is 1.00 bits per heavy atom. The van der Waals surface area contributed by atoms with Crippen molar-refractivity contribution in [2.75, 3.05) is 11.9 Å². The number of fused-ring (bicyclic) bond motifs is 2. The molecule has 0 bridgehead atoms. The summed E-state index contributed by atoms with van der Waals surface area (Å²) in [6.45, 7) is 4.44. The molecule has 0 unspecified atom stereocenters. The monoisotopic (exact) mass is 468 g/mol. The number of aryl methyl sites for hydroxylation is 1. The van der Waals surface area contributed by atoms with Crippen LogP contribution in [0.15, 0.2) is 73.6 Å². The lowest BCUT2D eigenvalue weighted by Crippen LogP contribution is -1.98. The number of H-pyrrole nitrogens is 1. The second-order valence-electron chi connectivity index (χ2n) is 6.41. The average molecular weight is 469 g/mol. The van der Waals surface area contributed by atoms with Crippen molar-refractivity contribution in [1.29, 1.82) is 0 Å². The fourth-order valence-electron chi connectivity index (χ4n) is 2.87. The molecule has 156 valence electrons. The molecule has 5 nitrogen and oxygen atoms in total. The molecule has 0 fully saturated rings. The Hall–Kier alpha value is -2.96. The Labute approximate surface area is 184 Å². The molecule has 2 aromatic carbocycles. The molecule has 4 aromatic rings. The molecule has 0 spiro atoms. The normalized spacial score (nSPS) is 9.93. The molecule has 4 rings (SSSR count). The largest absolute Gasteiger partial charge is 0.396 e. The van der Waals surface area contributed by atoms with Crippen molar-refractivity contribution in [3.63, 3.8) is 0 Å². The van der Waals surface area contributed by atoms with Gasteiger partial charge in [0.1, 0.15) is 12.6 Å². The number of aliphatic hydroxyl groups excluding tert-OH is 1. The summed E-state index contributed by atoms with van der Waals surface area (Å²) >= 11 is 3.13. The van der Waals surface area contributed by atoms with E-state index in [1.807, 2.05) is 54.9 Å². The number of aldehydes is 2. The minimum atomic E-state index is 0.200. The van der Waals surface area contributed by atoms with Crippen LogP contribution in [0.1, 0.15) is 27.1 Å². The van der Waals surface area contributed by atoms with E-state index >= 15 is 0 Å². The topological polar surface area (TPSA) is 75.1 Å². The fraction of sp³-hybridized carbons (Fsp3) is 0.167. The third-order valence-corrected chi connectivity index (χ3v) is 4.77. The Morgan fingerprint density at radius 3 is 2.30 bits per heavy atom. The Morgan fingerprint density at radius 2 is 1.67 bits per heavy atom. The molecule has 0 saturated carbocycles. The number of nitrogens with zero attached hydrogens (tertiary/aromatic N) is 1. The highest BCUT2D eigenvalue weighted by atomic mass is 79.9. The van der Waals surface area contributed by atoms with E-state index in [1.54, 1.807) is 12.1 Å². The molecule has 0 aliphatic carbocycles. The summed E-state index contributed by atoms with van der Waals surface area (Å²) in [7, 11) is 0. The SMILES string of the molecule is C=CCBr.O=Cc1ccc2[nH]ccc2c1.O=Cc1ccc2c(ccn2CCCO)c1. The molecule has 2 aromatic heterocycles. The van der Waals surface area contributed by atoms with Crippen LogP contribution in [0, 0.1) is 0 Å². The van der Waals surface area contributed by atoms with Crippen LogP contribution in [0.4, 0.5) is 0 Å². The summed E-state index contributed by atoms with van der Waals surface area (Å²) < 4.78 is 2.08. The number of alkyl halides is 1. The molecule has 0 radical (unpaired) electrons. The van der Waals surface area contributed by atoms with Gasteiger partial charge in [0.15, 0.2) is 0 Å². The van der Waals surface area contributed by atoms with Gasteiger partial charge in [-0.05, 0) is 55.0 Å². The Kier molecular flexibility index (Phi) is 9.77. The first-order chi connectivity index (χ1) is 14.7. The highest BCUT2D eigenvalue weighted by Crippen LogP contribution is 2.17. The summed E-state index contributed by atoms with van der Waals surface area (Å²) in [5.74, 6) is 0. The van der Waals surface area contributed by atoms with Gasteiger partial charge in [0.05, 0.1) is 0 Å². The average Bonchev–Trinajstić information content (AvgIpc) is 3.43. The second-order valence-corrected chi connectivity index (χ2v) is 7.06. The maximum Gasteiger partial charge on any atom is 0.150 e. The number of allylic oxidation sites excluding steroid dienone is 1. The predicted octanol–water partition coefficient (Wildman–Crippen LogP) is 5.38. The molecule has 0 aliphatic rings. The van der Waals surface area contributed by atoms with Crippen LogP contribution >= 0.6 is 15.9 Å². The van der Waals surface area contributed by atoms with Gasteiger partial charge in [-0.25, -0.2) is 0 Å². The van der Waals surface area contributed by atoms with Crippen molar-refractivity contribution in [3.05, 3.63) is 84.7 Å². The van der Waals surface area contributed by atoms with Gasteiger partial charge in [-0.3, -0.25) is 9.59 Å². The molecule has 0 aliphatic heterocycles. The number of carbonyl (C=O) groups is 2. The van der Waals surface area contributed by atoms with E-state index in [9.17, 15) is 9.59 Å². The first kappa shape index (κ1) is 23.3. The minimum absolute atomic E-state index is 0.200. The van der Waals surface area contributed by atoms with Crippen molar-refractivity contribution in [2.24, 2.45) is 0 Å². The van der Waals surface area contributed by atoms with Gasteiger partial charge in [0.25, 0.3) is 0 Å². The van der Waals surface area contributed by atoms with E-state index in [0.29, 0.717) is 5.56 Å². The van der Waals surface area contributed by atoms with Gasteiger partial charge >= 0.3 is 0 Å². The lowest BCUT2D eigenvalue weighted by atomic mass is 10.2. The predicted molar refractivity (Wildman–Crippen MR) is 127 cm³/mol. The van der Waals surface area contributed by atoms with Crippen molar-refractivity contribution in [2.45, 2.75) is 13.0 Å². The molecule has 0 amide bonds. The van der Waals surface area contributed by atoms with E-state index in [1.165, 1.54) is 0 Å². The highest BCUT2D eigenvalue weighted by molar-refractivity contribution is 9.09. The third-order valence-electron chi connectivity index (χ3n) is 4.31. The number of aliphatic hydroxyl groups is 1. The van der Waals surface area contributed by atoms with Crippen LogP contribution in [0.2, 0.25) is 0 Å². The number of halogens is 1. The van der Waals surface area contributed by atoms with Crippen molar-refractivity contribution in [3.8, 4) is 0 Å². The quantitative estimate of drug-likeness (QED) is 0.226. The first-order valence-corrected chi connectivity index (χ1v) is 10.6.